The summed E-state index contributed by atoms with van der Waals surface area (Å²) in [5.74, 6) is 1.57. The maximum absolute atomic E-state index is 11.4. The Morgan fingerprint density at radius 1 is 1.26 bits per heavy atom. The number of carbonyl (C=O) groups excluding carboxylic acids is 1. The van der Waals surface area contributed by atoms with Crippen LogP contribution < -0.4 is 10.6 Å². The minimum atomic E-state index is -0.105. The van der Waals surface area contributed by atoms with Crippen LogP contribution in [0.25, 0.3) is 10.2 Å². The number of anilines is 1. The van der Waals surface area contributed by atoms with Gasteiger partial charge in [-0.25, -0.2) is 9.97 Å². The van der Waals surface area contributed by atoms with Crippen LogP contribution in [0.4, 0.5) is 5.82 Å². The molecule has 0 atom stereocenters. The van der Waals surface area contributed by atoms with Crippen LogP contribution in [0.1, 0.15) is 29.1 Å². The molecular weight excluding hydrogens is 312 g/mol. The average molecular weight is 334 g/mol. The lowest BCUT2D eigenvalue weighted by molar-refractivity contribution is -0.124. The maximum Gasteiger partial charge on any atom is 0.246 e. The summed E-state index contributed by atoms with van der Waals surface area (Å²) in [6.45, 7) is 3.18. The molecule has 0 spiro atoms. The summed E-state index contributed by atoms with van der Waals surface area (Å²) in [5.41, 5.74) is 1.42. The van der Waals surface area contributed by atoms with E-state index in [0.29, 0.717) is 13.1 Å². The molecule has 0 radical (unpaired) electrons. The number of nitrogens with zero attached hydrogens (tertiary/aromatic N) is 2. The third-order valence-electron chi connectivity index (χ3n) is 3.94. The van der Waals surface area contributed by atoms with Gasteiger partial charge in [0.25, 0.3) is 0 Å². The van der Waals surface area contributed by atoms with E-state index in [0.717, 1.165) is 29.3 Å². The van der Waals surface area contributed by atoms with Gasteiger partial charge in [-0.2, -0.15) is 0 Å². The van der Waals surface area contributed by atoms with Crippen molar-refractivity contribution in [3.63, 3.8) is 0 Å². The number of nitrogens with one attached hydrogen (secondary N) is 2. The number of aryl methyl sites for hydroxylation is 3. The Kier molecular flexibility index (Phi) is 5.07. The lowest BCUT2D eigenvalue weighted by Gasteiger charge is -2.13. The lowest BCUT2D eigenvalue weighted by atomic mass is 9.97. The van der Waals surface area contributed by atoms with Gasteiger partial charge in [-0.1, -0.05) is 0 Å². The highest BCUT2D eigenvalue weighted by atomic mass is 32.1. The maximum atomic E-state index is 11.4. The number of thiophene rings is 1. The van der Waals surface area contributed by atoms with Crippen molar-refractivity contribution in [1.29, 1.82) is 0 Å². The molecule has 7 heteroatoms. The van der Waals surface area contributed by atoms with Crippen molar-refractivity contribution < 1.29 is 9.53 Å². The molecule has 0 fully saturated rings. The number of carbonyl (C=O) groups is 1. The summed E-state index contributed by atoms with van der Waals surface area (Å²) in [7, 11) is 1.51. The van der Waals surface area contributed by atoms with Gasteiger partial charge in [-0.05, 0) is 38.2 Å². The third-order valence-corrected chi connectivity index (χ3v) is 5.13. The molecule has 0 bridgehead atoms. The highest BCUT2D eigenvalue weighted by molar-refractivity contribution is 7.19. The molecule has 0 aliphatic heterocycles. The van der Waals surface area contributed by atoms with Gasteiger partial charge in [-0.3, -0.25) is 4.79 Å². The molecule has 0 aromatic carbocycles. The second-order valence-electron chi connectivity index (χ2n) is 5.72. The molecule has 1 aliphatic carbocycles. The standard InChI is InChI=1S/C16H22N4O2S/c1-10-19-15(18-8-7-17-13(21)9-22-2)14-11-5-3-4-6-12(11)23-16(14)20-10/h3-9H2,1-2H3,(H,17,21)(H,18,19,20). The number of amides is 1. The van der Waals surface area contributed by atoms with Crippen LogP contribution in [0, 0.1) is 6.92 Å². The number of rotatable bonds is 6. The number of ether oxygens (including phenoxy) is 1. The van der Waals surface area contributed by atoms with Gasteiger partial charge in [0, 0.05) is 25.1 Å². The van der Waals surface area contributed by atoms with E-state index < -0.39 is 0 Å². The van der Waals surface area contributed by atoms with Crippen molar-refractivity contribution >= 4 is 33.3 Å². The Balaban J connectivity index is 1.74. The molecule has 3 rings (SSSR count). The van der Waals surface area contributed by atoms with Crippen molar-refractivity contribution in [3.8, 4) is 0 Å². The zero-order chi connectivity index (χ0) is 16.2. The highest BCUT2D eigenvalue weighted by Crippen LogP contribution is 2.38. The number of fused-ring (bicyclic) bond motifs is 3. The van der Waals surface area contributed by atoms with E-state index in [1.807, 2.05) is 6.92 Å². The second kappa shape index (κ2) is 7.23. The number of aromatic nitrogens is 2. The minimum Gasteiger partial charge on any atom is -0.375 e. The van der Waals surface area contributed by atoms with Crippen LogP contribution >= 0.6 is 11.3 Å². The van der Waals surface area contributed by atoms with Crippen molar-refractivity contribution in [2.24, 2.45) is 0 Å². The predicted octanol–water partition coefficient (Wildman–Crippen LogP) is 2.05. The van der Waals surface area contributed by atoms with E-state index in [1.54, 1.807) is 11.3 Å². The summed E-state index contributed by atoms with van der Waals surface area (Å²) in [5, 5.41) is 7.35. The first-order chi connectivity index (χ1) is 11.2. The summed E-state index contributed by atoms with van der Waals surface area (Å²) in [6.07, 6.45) is 4.77. The van der Waals surface area contributed by atoms with Crippen LogP contribution in [0.2, 0.25) is 0 Å². The Hall–Kier alpha value is -1.73. The van der Waals surface area contributed by atoms with Gasteiger partial charge in [0.2, 0.25) is 5.91 Å². The van der Waals surface area contributed by atoms with E-state index in [2.05, 4.69) is 20.6 Å². The normalized spacial score (nSPS) is 13.8. The molecule has 0 saturated carbocycles. The number of hydrogen-bond donors (Lipinski definition) is 2. The highest BCUT2D eigenvalue weighted by Gasteiger charge is 2.20. The zero-order valence-corrected chi connectivity index (χ0v) is 14.4. The molecule has 23 heavy (non-hydrogen) atoms. The first-order valence-electron chi connectivity index (χ1n) is 7.97. The fraction of sp³-hybridized carbons (Fsp3) is 0.562. The Morgan fingerprint density at radius 3 is 2.91 bits per heavy atom. The fourth-order valence-corrected chi connectivity index (χ4v) is 4.26. The van der Waals surface area contributed by atoms with E-state index in [4.69, 9.17) is 4.74 Å². The Morgan fingerprint density at radius 2 is 2.09 bits per heavy atom. The Bertz CT molecular complexity index is 714. The van der Waals surface area contributed by atoms with Gasteiger partial charge in [0.1, 0.15) is 23.1 Å². The fourth-order valence-electron chi connectivity index (χ4n) is 2.96. The monoisotopic (exact) mass is 334 g/mol. The van der Waals surface area contributed by atoms with E-state index in [1.165, 1.54) is 35.8 Å². The van der Waals surface area contributed by atoms with Gasteiger partial charge >= 0.3 is 0 Å². The minimum absolute atomic E-state index is 0.0922. The van der Waals surface area contributed by atoms with Crippen LogP contribution in [0.3, 0.4) is 0 Å². The van der Waals surface area contributed by atoms with Crippen molar-refractivity contribution in [3.05, 3.63) is 16.3 Å². The van der Waals surface area contributed by atoms with Crippen LogP contribution in [0.5, 0.6) is 0 Å². The molecule has 0 saturated heterocycles. The van der Waals surface area contributed by atoms with E-state index in [9.17, 15) is 4.79 Å². The largest absolute Gasteiger partial charge is 0.375 e. The topological polar surface area (TPSA) is 76.1 Å². The van der Waals surface area contributed by atoms with Crippen LogP contribution in [-0.4, -0.2) is 42.7 Å². The average Bonchev–Trinajstić information content (AvgIpc) is 2.89. The SMILES string of the molecule is COCC(=O)NCCNc1nc(C)nc2sc3c(c12)CCCC3. The van der Waals surface area contributed by atoms with Gasteiger partial charge in [0.15, 0.2) is 0 Å². The van der Waals surface area contributed by atoms with E-state index in [-0.39, 0.29) is 12.5 Å². The smallest absolute Gasteiger partial charge is 0.246 e. The van der Waals surface area contributed by atoms with Gasteiger partial charge < -0.3 is 15.4 Å². The van der Waals surface area contributed by atoms with Gasteiger partial charge in [-0.15, -0.1) is 11.3 Å². The molecule has 124 valence electrons. The molecule has 2 aromatic heterocycles. The summed E-state index contributed by atoms with van der Waals surface area (Å²) < 4.78 is 4.79. The molecule has 1 amide bonds. The van der Waals surface area contributed by atoms with Crippen molar-refractivity contribution in [2.45, 2.75) is 32.6 Å². The van der Waals surface area contributed by atoms with Crippen molar-refractivity contribution in [1.82, 2.24) is 15.3 Å². The summed E-state index contributed by atoms with van der Waals surface area (Å²) in [6, 6.07) is 0. The molecule has 6 nitrogen and oxygen atoms in total. The lowest BCUT2D eigenvalue weighted by Crippen LogP contribution is -2.31. The quantitative estimate of drug-likeness (QED) is 0.791. The van der Waals surface area contributed by atoms with E-state index >= 15 is 0 Å². The Labute approximate surface area is 139 Å². The van der Waals surface area contributed by atoms with Crippen LogP contribution in [-0.2, 0) is 22.4 Å². The molecule has 0 unspecified atom stereocenters. The third kappa shape index (κ3) is 3.61. The number of hydrogen-bond acceptors (Lipinski definition) is 6. The predicted molar refractivity (Wildman–Crippen MR) is 92.2 cm³/mol. The zero-order valence-electron chi connectivity index (χ0n) is 13.6. The molecule has 2 aromatic rings. The number of methoxy groups -OCH3 is 1. The summed E-state index contributed by atoms with van der Waals surface area (Å²) >= 11 is 1.80. The first kappa shape index (κ1) is 16.1. The first-order valence-corrected chi connectivity index (χ1v) is 8.79. The second-order valence-corrected chi connectivity index (χ2v) is 6.80. The molecule has 1 aliphatic rings. The molecule has 2 heterocycles. The molecule has 2 N–H and O–H groups in total. The van der Waals surface area contributed by atoms with Gasteiger partial charge in [0.05, 0.1) is 5.39 Å². The molecular formula is C16H22N4O2S. The van der Waals surface area contributed by atoms with Crippen molar-refractivity contribution in [2.75, 3.05) is 32.1 Å². The summed E-state index contributed by atoms with van der Waals surface area (Å²) in [4.78, 5) is 23.1. The van der Waals surface area contributed by atoms with Crippen LogP contribution in [0.15, 0.2) is 0 Å².